The molecule has 219 valence electrons. The molecule has 0 saturated carbocycles. The number of hydrogen-bond donors (Lipinski definition) is 0. The van der Waals surface area contributed by atoms with Crippen LogP contribution < -0.4 is 0 Å². The van der Waals surface area contributed by atoms with E-state index in [9.17, 15) is 4.80 Å². The minimum atomic E-state index is -2.85. The summed E-state index contributed by atoms with van der Waals surface area (Å²) in [6.07, 6.45) is 0. The molecular weight excluding hydrogens is 625 g/mol. The largest absolute Gasteiger partial charge is 0.416 e. The highest BCUT2D eigenvalue weighted by Crippen LogP contribution is 2.37. The van der Waals surface area contributed by atoms with Gasteiger partial charge < -0.3 is 32.9 Å². The fourth-order valence-electron chi connectivity index (χ4n) is 5.93. The van der Waals surface area contributed by atoms with Crippen LogP contribution in [0.3, 0.4) is 0 Å². The van der Waals surface area contributed by atoms with Crippen molar-refractivity contribution < 1.29 is 37.7 Å². The van der Waals surface area contributed by atoms with Gasteiger partial charge in [-0.05, 0) is 122 Å². The predicted octanol–water partition coefficient (Wildman–Crippen LogP) is 6.51. The average Bonchev–Trinajstić information content (AvgIpc) is 2.49. The SMILES string of the molecule is C[Si]([O])(CC[Si]1(C)O[Si](C)(C)O[Si](C)(C)O[Si](C)(C)O1)CC[Si]1(C)O[Si](C)(C)O[Si](C)(C)O[Si](C)(C)O1. The number of rotatable bonds is 6. The lowest BCUT2D eigenvalue weighted by atomic mass is 10.9. The van der Waals surface area contributed by atoms with Gasteiger partial charge in [0.15, 0.2) is 0 Å². The highest BCUT2D eigenvalue weighted by molar-refractivity contribution is 6.94. The van der Waals surface area contributed by atoms with Gasteiger partial charge in [-0.25, -0.2) is 0 Å². The van der Waals surface area contributed by atoms with Crippen LogP contribution in [0.5, 0.6) is 0 Å². The van der Waals surface area contributed by atoms with E-state index in [2.05, 4.69) is 91.7 Å². The molecule has 0 unspecified atom stereocenters. The molecule has 0 amide bonds. The third-order valence-electron chi connectivity index (χ3n) is 6.03. The molecule has 2 saturated heterocycles. The summed E-state index contributed by atoms with van der Waals surface area (Å²) in [6.45, 7) is 30.9. The van der Waals surface area contributed by atoms with Crippen molar-refractivity contribution in [1.29, 1.82) is 0 Å². The molecule has 0 aromatic rings. The van der Waals surface area contributed by atoms with Crippen molar-refractivity contribution in [2.24, 2.45) is 0 Å². The number of hydrogen-bond acceptors (Lipinski definition) is 8. The van der Waals surface area contributed by atoms with Crippen molar-refractivity contribution in [3.8, 4) is 0 Å². The summed E-state index contributed by atoms with van der Waals surface area (Å²) in [5.41, 5.74) is 0. The summed E-state index contributed by atoms with van der Waals surface area (Å²) in [5.74, 6) is 0. The van der Waals surface area contributed by atoms with Crippen LogP contribution >= 0.6 is 0 Å². The maximum Gasteiger partial charge on any atom is 0.317 e. The Labute approximate surface area is 236 Å². The molecule has 0 aromatic carbocycles. The molecule has 0 spiro atoms. The first kappa shape index (κ1) is 34.8. The highest BCUT2D eigenvalue weighted by Gasteiger charge is 2.55. The smallest absolute Gasteiger partial charge is 0.317 e. The summed E-state index contributed by atoms with van der Waals surface area (Å²) in [4.78, 5) is 13.9. The predicted molar refractivity (Wildman–Crippen MR) is 168 cm³/mol. The van der Waals surface area contributed by atoms with E-state index in [1.165, 1.54) is 0 Å². The van der Waals surface area contributed by atoms with Gasteiger partial charge in [-0.15, -0.1) is 0 Å². The monoisotopic (exact) mass is 677 g/mol. The van der Waals surface area contributed by atoms with Gasteiger partial charge in [-0.1, -0.05) is 0 Å². The zero-order chi connectivity index (χ0) is 29.0. The molecule has 2 fully saturated rings. The summed E-state index contributed by atoms with van der Waals surface area (Å²) < 4.78 is 52.6. The third kappa shape index (κ3) is 11.8. The molecule has 2 aliphatic rings. The van der Waals surface area contributed by atoms with Crippen molar-refractivity contribution in [3.05, 3.63) is 0 Å². The van der Waals surface area contributed by atoms with Crippen LogP contribution in [0.4, 0.5) is 0 Å². The van der Waals surface area contributed by atoms with E-state index in [0.717, 1.165) is 0 Å². The lowest BCUT2D eigenvalue weighted by Crippen LogP contribution is -2.65. The van der Waals surface area contributed by atoms with Crippen LogP contribution in [0.15, 0.2) is 0 Å². The highest BCUT2D eigenvalue weighted by atomic mass is 28.5. The quantitative estimate of drug-likeness (QED) is 0.294. The Morgan fingerprint density at radius 3 is 0.811 bits per heavy atom. The van der Waals surface area contributed by atoms with E-state index in [1.807, 2.05) is 6.55 Å². The van der Waals surface area contributed by atoms with Crippen molar-refractivity contribution in [2.75, 3.05) is 0 Å². The van der Waals surface area contributed by atoms with E-state index >= 15 is 0 Å². The fourth-order valence-corrected chi connectivity index (χ4v) is 55.6. The molecule has 0 aliphatic carbocycles. The molecular formula is C19H53O9Si9. The van der Waals surface area contributed by atoms with E-state index < -0.39 is 76.8 Å². The van der Waals surface area contributed by atoms with E-state index in [1.54, 1.807) is 0 Å². The van der Waals surface area contributed by atoms with Crippen LogP contribution in [0.1, 0.15) is 0 Å². The van der Waals surface area contributed by atoms with Crippen molar-refractivity contribution in [2.45, 2.75) is 122 Å². The lowest BCUT2D eigenvalue weighted by Gasteiger charge is -2.48. The van der Waals surface area contributed by atoms with Gasteiger partial charge in [0.05, 0.1) is 0 Å². The van der Waals surface area contributed by atoms with Gasteiger partial charge in [-0.3, -0.25) is 4.80 Å². The first-order valence-corrected chi connectivity index (χ1v) is 38.2. The molecule has 0 N–H and O–H groups in total. The lowest BCUT2D eigenvalue weighted by molar-refractivity contribution is 0.233. The Balaban J connectivity index is 2.13. The summed E-state index contributed by atoms with van der Waals surface area (Å²) >= 11 is 0. The topological polar surface area (TPSA) is 93.7 Å². The second kappa shape index (κ2) is 11.0. The van der Waals surface area contributed by atoms with Gasteiger partial charge in [0.2, 0.25) is 8.32 Å². The maximum absolute atomic E-state index is 13.9. The molecule has 1 radical (unpaired) electrons. The van der Waals surface area contributed by atoms with E-state index in [4.69, 9.17) is 32.9 Å². The van der Waals surface area contributed by atoms with Crippen LogP contribution in [0, 0.1) is 0 Å². The van der Waals surface area contributed by atoms with Gasteiger partial charge in [0.25, 0.3) is 0 Å². The standard InChI is InChI=1S/C19H53O9Si9/c1-29(2)21-31(5,6)25-36(14,26-32(7,8)22-29)18-16-35(13,20)17-19-37(15)27-33(9,10)23-30(3,4)24-34(11,12)28-37/h16-19H2,1-15H3. The van der Waals surface area contributed by atoms with Crippen LogP contribution in [0.25, 0.3) is 0 Å². The molecule has 2 heterocycles. The van der Waals surface area contributed by atoms with Crippen molar-refractivity contribution >= 4 is 76.8 Å². The zero-order valence-electron chi connectivity index (χ0n) is 26.0. The zero-order valence-corrected chi connectivity index (χ0v) is 35.0. The normalized spacial score (nSPS) is 29.8. The molecule has 0 aromatic heterocycles. The molecule has 2 rings (SSSR count). The van der Waals surface area contributed by atoms with Crippen molar-refractivity contribution in [3.63, 3.8) is 0 Å². The Bertz CT molecular complexity index is 713. The minimum absolute atomic E-state index is 0.588. The molecule has 37 heavy (non-hydrogen) atoms. The third-order valence-corrected chi connectivity index (χ3v) is 42.5. The first-order chi connectivity index (χ1) is 16.1. The Hall–Kier alpha value is 1.59. The Kier molecular flexibility index (Phi) is 10.4. The minimum Gasteiger partial charge on any atom is -0.416 e. The molecule has 2 aliphatic heterocycles. The van der Waals surface area contributed by atoms with Gasteiger partial charge in [0.1, 0.15) is 0 Å². The van der Waals surface area contributed by atoms with E-state index in [-0.39, 0.29) is 0 Å². The van der Waals surface area contributed by atoms with Gasteiger partial charge in [-0.2, -0.15) is 0 Å². The summed E-state index contributed by atoms with van der Waals surface area (Å²) in [7, 11) is -22.7. The average molecular weight is 678 g/mol. The maximum atomic E-state index is 13.9. The van der Waals surface area contributed by atoms with E-state index in [0.29, 0.717) is 24.2 Å². The summed E-state index contributed by atoms with van der Waals surface area (Å²) in [5, 5.41) is 0. The summed E-state index contributed by atoms with van der Waals surface area (Å²) in [6, 6.07) is 2.50. The van der Waals surface area contributed by atoms with Crippen LogP contribution in [-0.4, -0.2) is 76.8 Å². The Morgan fingerprint density at radius 1 is 0.405 bits per heavy atom. The fraction of sp³-hybridized carbons (Fsp3) is 1.00. The van der Waals surface area contributed by atoms with Gasteiger partial charge >= 0.3 is 68.5 Å². The molecule has 9 nitrogen and oxygen atoms in total. The molecule has 0 atom stereocenters. The molecule has 18 heteroatoms. The second-order valence-electron chi connectivity index (χ2n) is 13.9. The van der Waals surface area contributed by atoms with Crippen LogP contribution in [-0.2, 0) is 37.7 Å². The van der Waals surface area contributed by atoms with Crippen molar-refractivity contribution in [1.82, 2.24) is 0 Å². The Morgan fingerprint density at radius 2 is 0.595 bits per heavy atom. The van der Waals surface area contributed by atoms with Crippen LogP contribution in [0.2, 0.25) is 122 Å². The molecule has 0 bridgehead atoms. The first-order valence-electron chi connectivity index (χ1n) is 13.4. The second-order valence-corrected chi connectivity index (χ2v) is 46.7. The van der Waals surface area contributed by atoms with Gasteiger partial charge in [0, 0.05) is 0 Å².